The molecule has 2 atom stereocenters. The van der Waals surface area contributed by atoms with Gasteiger partial charge in [0.2, 0.25) is 5.95 Å². The third kappa shape index (κ3) is 3.90. The maximum Gasteiger partial charge on any atom is 0.419 e. The van der Waals surface area contributed by atoms with Crippen LogP contribution in [0.3, 0.4) is 0 Å². The summed E-state index contributed by atoms with van der Waals surface area (Å²) in [4.78, 5) is 28.6. The molecule has 0 bridgehead atoms. The van der Waals surface area contributed by atoms with Gasteiger partial charge in [-0.15, -0.1) is 0 Å². The fourth-order valence-electron chi connectivity index (χ4n) is 3.86. The van der Waals surface area contributed by atoms with Crippen LogP contribution < -0.4 is 9.64 Å². The lowest BCUT2D eigenvalue weighted by Crippen LogP contribution is -2.65. The van der Waals surface area contributed by atoms with E-state index in [1.165, 1.54) is 0 Å². The first-order chi connectivity index (χ1) is 14.4. The highest BCUT2D eigenvalue weighted by atomic mass is 19.4. The van der Waals surface area contributed by atoms with Crippen LogP contribution in [0.2, 0.25) is 0 Å². The average molecular weight is 421 g/mol. The molecule has 0 saturated carbocycles. The minimum Gasteiger partial charge on any atom is -0.491 e. The van der Waals surface area contributed by atoms with Crippen molar-refractivity contribution in [2.75, 3.05) is 31.1 Å². The van der Waals surface area contributed by atoms with Gasteiger partial charge in [-0.2, -0.15) is 13.2 Å². The molecule has 1 amide bonds. The predicted molar refractivity (Wildman–Crippen MR) is 102 cm³/mol. The van der Waals surface area contributed by atoms with Crippen molar-refractivity contribution in [3.63, 3.8) is 0 Å². The molecule has 0 radical (unpaired) electrons. The lowest BCUT2D eigenvalue weighted by Gasteiger charge is -2.53. The highest BCUT2D eigenvalue weighted by molar-refractivity contribution is 5.95. The quantitative estimate of drug-likeness (QED) is 0.739. The summed E-state index contributed by atoms with van der Waals surface area (Å²) < 4.78 is 43.9. The number of nitrogens with zero attached hydrogens (tertiary/aromatic N) is 5. The lowest BCUT2D eigenvalue weighted by atomic mass is 9.82. The van der Waals surface area contributed by atoms with E-state index in [4.69, 9.17) is 4.74 Å². The Balaban J connectivity index is 1.46. The Morgan fingerprint density at radius 3 is 2.70 bits per heavy atom. The Morgan fingerprint density at radius 2 is 2.00 bits per heavy atom. The zero-order chi connectivity index (χ0) is 21.3. The van der Waals surface area contributed by atoms with Crippen LogP contribution >= 0.6 is 0 Å². The molecule has 2 aromatic heterocycles. The van der Waals surface area contributed by atoms with Gasteiger partial charge >= 0.3 is 6.18 Å². The monoisotopic (exact) mass is 421 g/mol. The third-order valence-corrected chi connectivity index (χ3v) is 5.50. The number of carbonyl (C=O) groups is 1. The number of pyridine rings is 1. The molecule has 0 aliphatic carbocycles. The van der Waals surface area contributed by atoms with E-state index in [-0.39, 0.29) is 23.6 Å². The number of hydrogen-bond donors (Lipinski definition) is 0. The fourth-order valence-corrected chi connectivity index (χ4v) is 3.86. The van der Waals surface area contributed by atoms with Gasteiger partial charge in [0.05, 0.1) is 18.2 Å². The van der Waals surface area contributed by atoms with E-state index >= 15 is 0 Å². The van der Waals surface area contributed by atoms with Gasteiger partial charge < -0.3 is 14.5 Å². The molecular formula is C20H22F3N5O2. The number of fused-ring (bicyclic) bond motifs is 1. The van der Waals surface area contributed by atoms with E-state index in [0.717, 1.165) is 25.2 Å². The van der Waals surface area contributed by atoms with Crippen LogP contribution in [-0.4, -0.2) is 58.0 Å². The Kier molecular flexibility index (Phi) is 5.48. The molecular weight excluding hydrogens is 399 g/mol. The number of halogens is 3. The molecule has 160 valence electrons. The first-order valence-electron chi connectivity index (χ1n) is 9.91. The van der Waals surface area contributed by atoms with Crippen LogP contribution in [0.25, 0.3) is 0 Å². The average Bonchev–Trinajstić information content (AvgIpc) is 2.72. The first-order valence-corrected chi connectivity index (χ1v) is 9.91. The summed E-state index contributed by atoms with van der Waals surface area (Å²) in [6.07, 6.45) is 0.317. The molecule has 4 rings (SSSR count). The topological polar surface area (TPSA) is 71.5 Å². The normalized spacial score (nSPS) is 21.1. The van der Waals surface area contributed by atoms with Gasteiger partial charge in [0.25, 0.3) is 5.91 Å². The highest BCUT2D eigenvalue weighted by Crippen LogP contribution is 2.36. The third-order valence-electron chi connectivity index (χ3n) is 5.50. The number of hydrogen-bond acceptors (Lipinski definition) is 6. The molecule has 4 heterocycles. The highest BCUT2D eigenvalue weighted by Gasteiger charge is 2.45. The van der Waals surface area contributed by atoms with Crippen LogP contribution in [0.5, 0.6) is 5.75 Å². The van der Waals surface area contributed by atoms with Crippen LogP contribution in [0.4, 0.5) is 19.1 Å². The number of aromatic nitrogens is 3. The molecule has 2 saturated heterocycles. The number of rotatable bonds is 5. The summed E-state index contributed by atoms with van der Waals surface area (Å²) in [5.74, 6) is 0.867. The zero-order valence-corrected chi connectivity index (χ0v) is 16.5. The van der Waals surface area contributed by atoms with Crippen molar-refractivity contribution in [2.24, 2.45) is 5.92 Å². The van der Waals surface area contributed by atoms with Crippen LogP contribution in [0.1, 0.15) is 35.8 Å². The van der Waals surface area contributed by atoms with Gasteiger partial charge in [0.1, 0.15) is 0 Å². The molecule has 2 aliphatic heterocycles. The number of likely N-dealkylation sites (tertiary alicyclic amines) is 1. The van der Waals surface area contributed by atoms with Crippen molar-refractivity contribution in [1.29, 1.82) is 0 Å². The van der Waals surface area contributed by atoms with Gasteiger partial charge in [-0.1, -0.05) is 6.92 Å². The van der Waals surface area contributed by atoms with Gasteiger partial charge in [-0.3, -0.25) is 4.79 Å². The number of anilines is 1. The van der Waals surface area contributed by atoms with Crippen LogP contribution in [0.15, 0.2) is 30.7 Å². The Morgan fingerprint density at radius 1 is 1.23 bits per heavy atom. The van der Waals surface area contributed by atoms with E-state index in [2.05, 4.69) is 15.0 Å². The van der Waals surface area contributed by atoms with Crippen molar-refractivity contribution in [3.8, 4) is 5.75 Å². The minimum atomic E-state index is -4.47. The van der Waals surface area contributed by atoms with Gasteiger partial charge in [0, 0.05) is 44.1 Å². The fraction of sp³-hybridized carbons (Fsp3) is 0.500. The van der Waals surface area contributed by atoms with E-state index < -0.39 is 11.7 Å². The molecule has 7 nitrogen and oxygen atoms in total. The lowest BCUT2D eigenvalue weighted by molar-refractivity contribution is -0.138. The minimum absolute atomic E-state index is 0.0249. The molecule has 0 spiro atoms. The molecule has 2 fully saturated rings. The maximum absolute atomic E-state index is 13.1. The van der Waals surface area contributed by atoms with Crippen molar-refractivity contribution in [2.45, 2.75) is 32.0 Å². The Bertz CT molecular complexity index is 906. The van der Waals surface area contributed by atoms with E-state index in [0.29, 0.717) is 37.9 Å². The van der Waals surface area contributed by atoms with Gasteiger partial charge in [-0.25, -0.2) is 15.0 Å². The summed E-state index contributed by atoms with van der Waals surface area (Å²) in [6, 6.07) is 3.43. The second-order valence-corrected chi connectivity index (χ2v) is 7.49. The maximum atomic E-state index is 13.1. The van der Waals surface area contributed by atoms with E-state index in [1.54, 1.807) is 23.2 Å². The molecule has 0 N–H and O–H groups in total. The standard InChI is InChI=1S/C20H22F3N5O2/c1-2-8-30-16-4-3-6-24-17(16)18(29)27-7-5-13-11-28(15(13)12-27)19-25-9-14(10-26-19)20(21,22)23/h3-4,6,9-10,13,15H,2,5,7-8,11-12H2,1H3. The van der Waals surface area contributed by atoms with Crippen LogP contribution in [0, 0.1) is 5.92 Å². The zero-order valence-electron chi connectivity index (χ0n) is 16.5. The summed E-state index contributed by atoms with van der Waals surface area (Å²) in [6.45, 7) is 4.20. The number of carbonyl (C=O) groups excluding carboxylic acids is 1. The number of piperidine rings is 1. The smallest absolute Gasteiger partial charge is 0.419 e. The van der Waals surface area contributed by atoms with Crippen molar-refractivity contribution in [3.05, 3.63) is 42.0 Å². The second kappa shape index (κ2) is 8.08. The summed E-state index contributed by atoms with van der Waals surface area (Å²) in [5.41, 5.74) is -0.598. The summed E-state index contributed by atoms with van der Waals surface area (Å²) in [5, 5.41) is 0. The molecule has 2 aliphatic rings. The van der Waals surface area contributed by atoms with Crippen LogP contribution in [-0.2, 0) is 6.18 Å². The van der Waals surface area contributed by atoms with Crippen molar-refractivity contribution < 1.29 is 22.7 Å². The first kappa shape index (κ1) is 20.4. The molecule has 30 heavy (non-hydrogen) atoms. The predicted octanol–water partition coefficient (Wildman–Crippen LogP) is 3.03. The molecule has 2 aromatic rings. The van der Waals surface area contributed by atoms with Crippen molar-refractivity contribution in [1.82, 2.24) is 19.9 Å². The molecule has 0 aromatic carbocycles. The summed E-state index contributed by atoms with van der Waals surface area (Å²) >= 11 is 0. The second-order valence-electron chi connectivity index (χ2n) is 7.49. The van der Waals surface area contributed by atoms with Gasteiger partial charge in [0.15, 0.2) is 11.4 Å². The SMILES string of the molecule is CCCOc1cccnc1C(=O)N1CCC2CN(c3ncc(C(F)(F)F)cn3)C2C1. The number of amides is 1. The Hall–Kier alpha value is -2.91. The van der Waals surface area contributed by atoms with Gasteiger partial charge in [-0.05, 0) is 25.0 Å². The Labute approximate surface area is 171 Å². The van der Waals surface area contributed by atoms with E-state index in [9.17, 15) is 18.0 Å². The van der Waals surface area contributed by atoms with Crippen molar-refractivity contribution >= 4 is 11.9 Å². The number of ether oxygens (including phenoxy) is 1. The largest absolute Gasteiger partial charge is 0.491 e. The van der Waals surface area contributed by atoms with E-state index in [1.807, 2.05) is 11.8 Å². The molecule has 10 heteroatoms. The molecule has 2 unspecified atom stereocenters. The summed E-state index contributed by atoms with van der Waals surface area (Å²) in [7, 11) is 0. The number of alkyl halides is 3.